The summed E-state index contributed by atoms with van der Waals surface area (Å²) in [6.45, 7) is 8.69. The van der Waals surface area contributed by atoms with Gasteiger partial charge >= 0.3 is 6.09 Å². The SMILES string of the molecule is CSc1ccc(CN=C(N)N2CCN(C(=O)OC(C)(C)C)CC2)cc1. The lowest BCUT2D eigenvalue weighted by atomic mass is 10.2. The number of ether oxygens (including phenoxy) is 1. The third-order valence-electron chi connectivity index (χ3n) is 3.84. The van der Waals surface area contributed by atoms with Crippen LogP contribution >= 0.6 is 11.8 Å². The fourth-order valence-electron chi connectivity index (χ4n) is 2.45. The summed E-state index contributed by atoms with van der Waals surface area (Å²) in [5, 5.41) is 0. The molecule has 1 saturated heterocycles. The van der Waals surface area contributed by atoms with Crippen LogP contribution in [0.3, 0.4) is 0 Å². The van der Waals surface area contributed by atoms with Crippen LogP contribution in [-0.2, 0) is 11.3 Å². The molecule has 1 fully saturated rings. The highest BCUT2D eigenvalue weighted by atomic mass is 32.2. The van der Waals surface area contributed by atoms with Gasteiger partial charge in [0.25, 0.3) is 0 Å². The van der Waals surface area contributed by atoms with Gasteiger partial charge in [0.05, 0.1) is 6.54 Å². The Kier molecular flexibility index (Phi) is 6.58. The van der Waals surface area contributed by atoms with E-state index in [-0.39, 0.29) is 6.09 Å². The maximum absolute atomic E-state index is 12.1. The fourth-order valence-corrected chi connectivity index (χ4v) is 2.86. The van der Waals surface area contributed by atoms with Gasteiger partial charge in [0.1, 0.15) is 5.60 Å². The van der Waals surface area contributed by atoms with Crippen LogP contribution in [0.4, 0.5) is 4.79 Å². The summed E-state index contributed by atoms with van der Waals surface area (Å²) in [6.07, 6.45) is 1.79. The first-order valence-electron chi connectivity index (χ1n) is 8.44. The van der Waals surface area contributed by atoms with E-state index in [9.17, 15) is 4.79 Å². The lowest BCUT2D eigenvalue weighted by molar-refractivity contribution is 0.0186. The van der Waals surface area contributed by atoms with Gasteiger partial charge in [-0.3, -0.25) is 0 Å². The lowest BCUT2D eigenvalue weighted by Gasteiger charge is -2.36. The highest BCUT2D eigenvalue weighted by Gasteiger charge is 2.26. The number of carbonyl (C=O) groups excluding carboxylic acids is 1. The maximum Gasteiger partial charge on any atom is 0.410 e. The molecule has 0 atom stereocenters. The number of amides is 1. The van der Waals surface area contributed by atoms with E-state index in [0.717, 1.165) is 5.56 Å². The summed E-state index contributed by atoms with van der Waals surface area (Å²) in [7, 11) is 0. The largest absolute Gasteiger partial charge is 0.444 e. The topological polar surface area (TPSA) is 71.2 Å². The normalized spacial score (nSPS) is 16.1. The van der Waals surface area contributed by atoms with Gasteiger partial charge in [-0.25, -0.2) is 9.79 Å². The van der Waals surface area contributed by atoms with Gasteiger partial charge in [-0.05, 0) is 44.7 Å². The highest BCUT2D eigenvalue weighted by Crippen LogP contribution is 2.15. The van der Waals surface area contributed by atoms with Crippen molar-refractivity contribution in [1.82, 2.24) is 9.80 Å². The Morgan fingerprint density at radius 1 is 1.16 bits per heavy atom. The predicted molar refractivity (Wildman–Crippen MR) is 103 cm³/mol. The monoisotopic (exact) mass is 364 g/mol. The summed E-state index contributed by atoms with van der Waals surface area (Å²) in [6, 6.07) is 8.32. The quantitative estimate of drug-likeness (QED) is 0.507. The molecule has 1 aliphatic heterocycles. The van der Waals surface area contributed by atoms with Crippen molar-refractivity contribution in [2.75, 3.05) is 32.4 Å². The minimum Gasteiger partial charge on any atom is -0.444 e. The molecule has 0 aliphatic carbocycles. The molecular formula is C18H28N4O2S. The average molecular weight is 365 g/mol. The van der Waals surface area contributed by atoms with Crippen LogP contribution < -0.4 is 5.73 Å². The van der Waals surface area contributed by atoms with E-state index in [1.807, 2.05) is 25.7 Å². The minimum atomic E-state index is -0.472. The fraction of sp³-hybridized carbons (Fsp3) is 0.556. The first-order valence-corrected chi connectivity index (χ1v) is 9.67. The first-order chi connectivity index (χ1) is 11.8. The number of hydrogen-bond acceptors (Lipinski definition) is 4. The van der Waals surface area contributed by atoms with Crippen LogP contribution in [0.2, 0.25) is 0 Å². The van der Waals surface area contributed by atoms with Crippen molar-refractivity contribution >= 4 is 23.8 Å². The van der Waals surface area contributed by atoms with E-state index in [0.29, 0.717) is 38.7 Å². The predicted octanol–water partition coefficient (Wildman–Crippen LogP) is 2.78. The molecule has 0 spiro atoms. The molecule has 1 amide bonds. The zero-order valence-electron chi connectivity index (χ0n) is 15.5. The van der Waals surface area contributed by atoms with Crippen LogP contribution in [0.5, 0.6) is 0 Å². The minimum absolute atomic E-state index is 0.267. The van der Waals surface area contributed by atoms with Gasteiger partial charge in [-0.2, -0.15) is 0 Å². The summed E-state index contributed by atoms with van der Waals surface area (Å²) in [4.78, 5) is 21.5. The molecule has 1 aliphatic rings. The number of carbonyl (C=O) groups is 1. The zero-order chi connectivity index (χ0) is 18.4. The van der Waals surface area contributed by atoms with Crippen LogP contribution in [-0.4, -0.2) is 59.9 Å². The van der Waals surface area contributed by atoms with Crippen molar-refractivity contribution < 1.29 is 9.53 Å². The summed E-state index contributed by atoms with van der Waals surface area (Å²) in [5.41, 5.74) is 6.77. The number of nitrogens with zero attached hydrogens (tertiary/aromatic N) is 3. The molecule has 138 valence electrons. The molecule has 1 heterocycles. The Bertz CT molecular complexity index is 602. The molecule has 0 radical (unpaired) electrons. The van der Waals surface area contributed by atoms with Crippen molar-refractivity contribution in [3.8, 4) is 0 Å². The lowest BCUT2D eigenvalue weighted by Crippen LogP contribution is -2.53. The molecule has 2 N–H and O–H groups in total. The molecule has 0 unspecified atom stereocenters. The van der Waals surface area contributed by atoms with Gasteiger partial charge in [-0.1, -0.05) is 12.1 Å². The third-order valence-corrected chi connectivity index (χ3v) is 4.58. The number of hydrogen-bond donors (Lipinski definition) is 1. The van der Waals surface area contributed by atoms with Gasteiger partial charge in [0.15, 0.2) is 5.96 Å². The maximum atomic E-state index is 12.1. The Labute approximate surface area is 154 Å². The van der Waals surface area contributed by atoms with Crippen LogP contribution in [0.1, 0.15) is 26.3 Å². The van der Waals surface area contributed by atoms with E-state index >= 15 is 0 Å². The van der Waals surface area contributed by atoms with Gasteiger partial charge < -0.3 is 20.3 Å². The van der Waals surface area contributed by atoms with Crippen LogP contribution in [0, 0.1) is 0 Å². The molecule has 1 aromatic carbocycles. The second kappa shape index (κ2) is 8.47. The Balaban J connectivity index is 1.83. The number of guanidine groups is 1. The molecular weight excluding hydrogens is 336 g/mol. The number of aliphatic imine (C=N–C) groups is 1. The summed E-state index contributed by atoms with van der Waals surface area (Å²) in [5.74, 6) is 0.526. The van der Waals surface area contributed by atoms with Crippen molar-refractivity contribution in [1.29, 1.82) is 0 Å². The van der Waals surface area contributed by atoms with Crippen molar-refractivity contribution in [3.63, 3.8) is 0 Å². The number of rotatable bonds is 3. The van der Waals surface area contributed by atoms with E-state index in [2.05, 4.69) is 35.5 Å². The van der Waals surface area contributed by atoms with Crippen LogP contribution in [0.25, 0.3) is 0 Å². The van der Waals surface area contributed by atoms with E-state index in [1.54, 1.807) is 16.7 Å². The molecule has 0 aromatic heterocycles. The molecule has 0 saturated carbocycles. The van der Waals surface area contributed by atoms with Crippen molar-refractivity contribution in [2.45, 2.75) is 37.8 Å². The number of benzene rings is 1. The van der Waals surface area contributed by atoms with Gasteiger partial charge in [0, 0.05) is 31.1 Å². The average Bonchev–Trinajstić information content (AvgIpc) is 2.58. The highest BCUT2D eigenvalue weighted by molar-refractivity contribution is 7.98. The van der Waals surface area contributed by atoms with E-state index in [4.69, 9.17) is 10.5 Å². The molecule has 7 heteroatoms. The van der Waals surface area contributed by atoms with Crippen molar-refractivity contribution in [2.24, 2.45) is 10.7 Å². The Morgan fingerprint density at radius 3 is 2.24 bits per heavy atom. The zero-order valence-corrected chi connectivity index (χ0v) is 16.3. The van der Waals surface area contributed by atoms with E-state index < -0.39 is 5.60 Å². The molecule has 25 heavy (non-hydrogen) atoms. The number of piperazine rings is 1. The summed E-state index contributed by atoms with van der Waals surface area (Å²) < 4.78 is 5.40. The van der Waals surface area contributed by atoms with E-state index in [1.165, 1.54) is 4.90 Å². The second-order valence-corrected chi connectivity index (χ2v) is 7.86. The number of thioether (sulfide) groups is 1. The van der Waals surface area contributed by atoms with Gasteiger partial charge in [0.2, 0.25) is 0 Å². The smallest absolute Gasteiger partial charge is 0.410 e. The molecule has 0 bridgehead atoms. The third kappa shape index (κ3) is 6.16. The van der Waals surface area contributed by atoms with Crippen molar-refractivity contribution in [3.05, 3.63) is 29.8 Å². The first kappa shape index (κ1) is 19.4. The Morgan fingerprint density at radius 2 is 1.72 bits per heavy atom. The van der Waals surface area contributed by atoms with Gasteiger partial charge in [-0.15, -0.1) is 11.8 Å². The summed E-state index contributed by atoms with van der Waals surface area (Å²) >= 11 is 1.72. The number of nitrogens with two attached hydrogens (primary N) is 1. The Hall–Kier alpha value is -1.89. The second-order valence-electron chi connectivity index (χ2n) is 6.98. The molecule has 6 nitrogen and oxygen atoms in total. The molecule has 1 aromatic rings. The molecule has 2 rings (SSSR count). The standard InChI is InChI=1S/C18H28N4O2S/c1-18(2,3)24-17(23)22-11-9-21(10-12-22)16(19)20-13-14-5-7-15(25-4)8-6-14/h5-8H,9-13H2,1-4H3,(H2,19,20). The van der Waals surface area contributed by atoms with Crippen LogP contribution in [0.15, 0.2) is 34.2 Å².